The molecule has 2 nitrogen and oxygen atoms in total. The molecule has 0 radical (unpaired) electrons. The van der Waals surface area contributed by atoms with Crippen LogP contribution in [0.3, 0.4) is 0 Å². The highest BCUT2D eigenvalue weighted by molar-refractivity contribution is 5.43. The number of phenolic OH excluding ortho intramolecular Hbond substituents is 1. The van der Waals surface area contributed by atoms with Crippen molar-refractivity contribution in [3.8, 4) is 11.5 Å². The summed E-state index contributed by atoms with van der Waals surface area (Å²) in [7, 11) is 1.62. The number of hydrogen-bond acceptors (Lipinski definition) is 2. The molecule has 2 bridgehead atoms. The van der Waals surface area contributed by atoms with Gasteiger partial charge in [-0.05, 0) is 59.6 Å². The van der Waals surface area contributed by atoms with E-state index in [2.05, 4.69) is 26.8 Å². The average molecular weight is 260 g/mol. The van der Waals surface area contributed by atoms with E-state index >= 15 is 0 Å². The van der Waals surface area contributed by atoms with E-state index in [4.69, 9.17) is 4.74 Å². The highest BCUT2D eigenvalue weighted by Gasteiger charge is 2.55. The van der Waals surface area contributed by atoms with E-state index in [0.717, 1.165) is 17.8 Å². The third kappa shape index (κ3) is 1.76. The van der Waals surface area contributed by atoms with Crippen molar-refractivity contribution in [3.05, 3.63) is 23.8 Å². The number of methoxy groups -OCH3 is 1. The molecular formula is C17H24O2. The summed E-state index contributed by atoms with van der Waals surface area (Å²) in [6.45, 7) is 7.26. The predicted molar refractivity (Wildman–Crippen MR) is 76.6 cm³/mol. The number of hydrogen-bond donors (Lipinski definition) is 1. The van der Waals surface area contributed by atoms with Gasteiger partial charge in [-0.15, -0.1) is 0 Å². The number of ether oxygens (including phenoxy) is 1. The van der Waals surface area contributed by atoms with Crippen molar-refractivity contribution in [3.63, 3.8) is 0 Å². The van der Waals surface area contributed by atoms with E-state index in [1.165, 1.54) is 18.4 Å². The van der Waals surface area contributed by atoms with E-state index < -0.39 is 0 Å². The zero-order valence-electron chi connectivity index (χ0n) is 12.3. The summed E-state index contributed by atoms with van der Waals surface area (Å²) in [6, 6.07) is 5.87. The average Bonchev–Trinajstić information content (AvgIpc) is 2.90. The molecule has 0 spiro atoms. The molecular weight excluding hydrogens is 236 g/mol. The van der Waals surface area contributed by atoms with Crippen molar-refractivity contribution in [1.29, 1.82) is 0 Å². The zero-order valence-corrected chi connectivity index (χ0v) is 12.3. The van der Waals surface area contributed by atoms with Crippen LogP contribution >= 0.6 is 0 Å². The molecule has 2 saturated carbocycles. The third-order valence-corrected chi connectivity index (χ3v) is 6.11. The van der Waals surface area contributed by atoms with E-state index in [0.29, 0.717) is 17.1 Å². The largest absolute Gasteiger partial charge is 0.504 e. The van der Waals surface area contributed by atoms with Crippen molar-refractivity contribution in [2.75, 3.05) is 7.11 Å². The Morgan fingerprint density at radius 1 is 1.26 bits per heavy atom. The van der Waals surface area contributed by atoms with Gasteiger partial charge in [-0.2, -0.15) is 0 Å². The first kappa shape index (κ1) is 12.8. The van der Waals surface area contributed by atoms with Crippen molar-refractivity contribution in [2.45, 2.75) is 39.5 Å². The van der Waals surface area contributed by atoms with Gasteiger partial charge >= 0.3 is 0 Å². The Morgan fingerprint density at radius 3 is 2.58 bits per heavy atom. The molecule has 3 rings (SSSR count). The minimum atomic E-state index is 0.239. The minimum absolute atomic E-state index is 0.239. The monoisotopic (exact) mass is 260 g/mol. The van der Waals surface area contributed by atoms with Gasteiger partial charge in [-0.1, -0.05) is 26.8 Å². The second kappa shape index (κ2) is 4.16. The lowest BCUT2D eigenvalue weighted by Gasteiger charge is -2.40. The molecule has 0 heterocycles. The number of phenols is 1. The molecule has 4 atom stereocenters. The smallest absolute Gasteiger partial charge is 0.160 e. The molecule has 2 aliphatic rings. The molecule has 0 unspecified atom stereocenters. The van der Waals surface area contributed by atoms with Gasteiger partial charge in [0.2, 0.25) is 0 Å². The Balaban J connectivity index is 1.90. The van der Waals surface area contributed by atoms with Crippen LogP contribution in [0.1, 0.15) is 45.1 Å². The summed E-state index contributed by atoms with van der Waals surface area (Å²) in [5.74, 6) is 3.89. The summed E-state index contributed by atoms with van der Waals surface area (Å²) in [5, 5.41) is 9.72. The molecule has 1 aromatic carbocycles. The molecule has 2 aliphatic carbocycles. The Bertz CT molecular complexity index is 488. The van der Waals surface area contributed by atoms with Gasteiger partial charge in [-0.3, -0.25) is 0 Å². The summed E-state index contributed by atoms with van der Waals surface area (Å²) in [6.07, 6.45) is 2.65. The zero-order chi connectivity index (χ0) is 13.8. The SMILES string of the molecule is COc1cc([C@H]2C[C@H]3C[C@H]2[C@H](C)C3(C)C)ccc1O. The molecule has 19 heavy (non-hydrogen) atoms. The summed E-state index contributed by atoms with van der Waals surface area (Å²) in [4.78, 5) is 0. The van der Waals surface area contributed by atoms with E-state index in [9.17, 15) is 5.11 Å². The highest BCUT2D eigenvalue weighted by Crippen LogP contribution is 2.64. The van der Waals surface area contributed by atoms with Crippen LogP contribution in [0, 0.1) is 23.2 Å². The fraction of sp³-hybridized carbons (Fsp3) is 0.647. The van der Waals surface area contributed by atoms with Crippen LogP contribution in [0.15, 0.2) is 18.2 Å². The molecule has 104 valence electrons. The number of aromatic hydroxyl groups is 1. The first-order chi connectivity index (χ1) is 8.95. The lowest BCUT2D eigenvalue weighted by atomic mass is 9.65. The lowest BCUT2D eigenvalue weighted by Crippen LogP contribution is -2.32. The van der Waals surface area contributed by atoms with Crippen LogP contribution < -0.4 is 4.74 Å². The number of fused-ring (bicyclic) bond motifs is 2. The molecule has 0 amide bonds. The fourth-order valence-electron chi connectivity index (χ4n) is 4.46. The van der Waals surface area contributed by atoms with Crippen molar-refractivity contribution in [2.24, 2.45) is 23.2 Å². The van der Waals surface area contributed by atoms with Crippen LogP contribution in [0.4, 0.5) is 0 Å². The van der Waals surface area contributed by atoms with Gasteiger partial charge in [0, 0.05) is 0 Å². The molecule has 0 aromatic heterocycles. The highest BCUT2D eigenvalue weighted by atomic mass is 16.5. The van der Waals surface area contributed by atoms with Gasteiger partial charge in [0.05, 0.1) is 7.11 Å². The molecule has 2 heteroatoms. The van der Waals surface area contributed by atoms with Gasteiger partial charge in [0.15, 0.2) is 11.5 Å². The van der Waals surface area contributed by atoms with Gasteiger partial charge < -0.3 is 9.84 Å². The third-order valence-electron chi connectivity index (χ3n) is 6.11. The Morgan fingerprint density at radius 2 is 2.00 bits per heavy atom. The van der Waals surface area contributed by atoms with Crippen LogP contribution in [0.25, 0.3) is 0 Å². The van der Waals surface area contributed by atoms with Crippen LogP contribution in [-0.4, -0.2) is 12.2 Å². The standard InChI is InChI=1S/C17H24O2/c1-10-13-8-12(17(10,2)3)9-14(13)11-5-6-15(18)16(7-11)19-4/h5-7,10,12-14,18H,8-9H2,1-4H3/t10-,12+,13-,14+/m0/s1. The van der Waals surface area contributed by atoms with E-state index in [-0.39, 0.29) is 5.75 Å². The molecule has 2 fully saturated rings. The quantitative estimate of drug-likeness (QED) is 0.864. The lowest BCUT2D eigenvalue weighted by molar-refractivity contribution is 0.122. The summed E-state index contributed by atoms with van der Waals surface area (Å²) >= 11 is 0. The van der Waals surface area contributed by atoms with Crippen LogP contribution in [0.5, 0.6) is 11.5 Å². The first-order valence-electron chi connectivity index (χ1n) is 7.32. The Labute approximate surface area is 115 Å². The van der Waals surface area contributed by atoms with Crippen molar-refractivity contribution >= 4 is 0 Å². The molecule has 1 N–H and O–H groups in total. The second-order valence-corrected chi connectivity index (χ2v) is 6.98. The van der Waals surface area contributed by atoms with Crippen LogP contribution in [-0.2, 0) is 0 Å². The van der Waals surface area contributed by atoms with Gasteiger partial charge in [0.1, 0.15) is 0 Å². The first-order valence-corrected chi connectivity index (χ1v) is 7.32. The maximum Gasteiger partial charge on any atom is 0.160 e. The predicted octanol–water partition coefficient (Wildman–Crippen LogP) is 4.19. The van der Waals surface area contributed by atoms with Gasteiger partial charge in [0.25, 0.3) is 0 Å². The molecule has 0 saturated heterocycles. The maximum absolute atomic E-state index is 9.72. The van der Waals surface area contributed by atoms with Gasteiger partial charge in [-0.25, -0.2) is 0 Å². The van der Waals surface area contributed by atoms with Crippen molar-refractivity contribution < 1.29 is 9.84 Å². The molecule has 1 aromatic rings. The van der Waals surface area contributed by atoms with E-state index in [1.54, 1.807) is 13.2 Å². The number of benzene rings is 1. The second-order valence-electron chi connectivity index (χ2n) is 6.98. The Hall–Kier alpha value is -1.18. The molecule has 0 aliphatic heterocycles. The number of rotatable bonds is 2. The normalized spacial score (nSPS) is 35.6. The minimum Gasteiger partial charge on any atom is -0.504 e. The van der Waals surface area contributed by atoms with Crippen LogP contribution in [0.2, 0.25) is 0 Å². The Kier molecular flexibility index (Phi) is 2.81. The summed E-state index contributed by atoms with van der Waals surface area (Å²) < 4.78 is 5.24. The topological polar surface area (TPSA) is 29.5 Å². The van der Waals surface area contributed by atoms with E-state index in [1.807, 2.05) is 6.07 Å². The fourth-order valence-corrected chi connectivity index (χ4v) is 4.46. The van der Waals surface area contributed by atoms with Crippen molar-refractivity contribution in [1.82, 2.24) is 0 Å². The summed E-state index contributed by atoms with van der Waals surface area (Å²) in [5.41, 5.74) is 1.83. The maximum atomic E-state index is 9.72.